The predicted molar refractivity (Wildman–Crippen MR) is 59.1 cm³/mol. The first kappa shape index (κ1) is 12.0. The van der Waals surface area contributed by atoms with Crippen molar-refractivity contribution in [2.45, 2.75) is 51.2 Å². The van der Waals surface area contributed by atoms with Gasteiger partial charge in [0.25, 0.3) is 0 Å². The highest BCUT2D eigenvalue weighted by molar-refractivity contribution is 4.88. The zero-order chi connectivity index (χ0) is 10.7. The normalized spacial score (nSPS) is 22.5. The van der Waals surface area contributed by atoms with Gasteiger partial charge >= 0.3 is 0 Å². The van der Waals surface area contributed by atoms with Gasteiger partial charge in [-0.25, -0.2) is 0 Å². The maximum Gasteiger partial charge on any atom is 0.0602 e. The van der Waals surface area contributed by atoms with Crippen molar-refractivity contribution in [2.24, 2.45) is 11.7 Å². The number of hydrogen-bond acceptors (Lipinski definition) is 3. The minimum absolute atomic E-state index is 0.0746. The Morgan fingerprint density at radius 3 is 2.29 bits per heavy atom. The Kier molecular flexibility index (Phi) is 4.35. The molecule has 3 nitrogen and oxygen atoms in total. The second-order valence-corrected chi connectivity index (χ2v) is 4.82. The monoisotopic (exact) mass is 200 g/mol. The molecule has 84 valence electrons. The molecule has 2 unspecified atom stereocenters. The van der Waals surface area contributed by atoms with Gasteiger partial charge in [0.15, 0.2) is 0 Å². The highest BCUT2D eigenvalue weighted by Crippen LogP contribution is 2.26. The van der Waals surface area contributed by atoms with E-state index < -0.39 is 0 Å². The average Bonchev–Trinajstić information content (AvgIpc) is 2.01. The lowest BCUT2D eigenvalue weighted by Crippen LogP contribution is -2.55. The van der Waals surface area contributed by atoms with Crippen LogP contribution in [0.1, 0.15) is 33.1 Å². The van der Waals surface area contributed by atoms with Gasteiger partial charge in [0.2, 0.25) is 0 Å². The van der Waals surface area contributed by atoms with E-state index in [9.17, 15) is 5.11 Å². The summed E-state index contributed by atoms with van der Waals surface area (Å²) >= 11 is 0. The van der Waals surface area contributed by atoms with Crippen LogP contribution in [0.15, 0.2) is 0 Å². The zero-order valence-electron chi connectivity index (χ0n) is 9.61. The van der Waals surface area contributed by atoms with Gasteiger partial charge in [-0.3, -0.25) is 4.90 Å². The minimum atomic E-state index is 0.0746. The fraction of sp³-hybridized carbons (Fsp3) is 1.00. The first-order valence-electron chi connectivity index (χ1n) is 5.66. The summed E-state index contributed by atoms with van der Waals surface area (Å²) in [7, 11) is 2.09. The molecule has 0 amide bonds. The molecule has 14 heavy (non-hydrogen) atoms. The summed E-state index contributed by atoms with van der Waals surface area (Å²) < 4.78 is 0. The van der Waals surface area contributed by atoms with Gasteiger partial charge in [-0.2, -0.15) is 0 Å². The van der Waals surface area contributed by atoms with Crippen LogP contribution >= 0.6 is 0 Å². The van der Waals surface area contributed by atoms with E-state index in [0.29, 0.717) is 12.0 Å². The van der Waals surface area contributed by atoms with Crippen molar-refractivity contribution in [3.8, 4) is 0 Å². The van der Waals surface area contributed by atoms with Crippen LogP contribution < -0.4 is 5.73 Å². The predicted octanol–water partition coefficient (Wildman–Crippen LogP) is 0.815. The number of likely N-dealkylation sites (N-methyl/N-ethyl adjacent to an activating group) is 1. The molecule has 0 aliphatic heterocycles. The number of aliphatic hydroxyl groups excluding tert-OH is 1. The van der Waals surface area contributed by atoms with E-state index in [1.54, 1.807) is 0 Å². The lowest BCUT2D eigenvalue weighted by Gasteiger charge is -2.42. The molecule has 1 aliphatic rings. The topological polar surface area (TPSA) is 49.5 Å². The van der Waals surface area contributed by atoms with Crippen LogP contribution in [0.3, 0.4) is 0 Å². The van der Waals surface area contributed by atoms with Gasteiger partial charge in [-0.1, -0.05) is 20.3 Å². The molecule has 1 saturated carbocycles. The molecule has 0 aromatic heterocycles. The maximum absolute atomic E-state index is 9.36. The quantitative estimate of drug-likeness (QED) is 0.690. The van der Waals surface area contributed by atoms with Crippen molar-refractivity contribution in [1.29, 1.82) is 0 Å². The van der Waals surface area contributed by atoms with Crippen molar-refractivity contribution in [1.82, 2.24) is 4.90 Å². The summed E-state index contributed by atoms with van der Waals surface area (Å²) in [6.45, 7) is 4.40. The molecule has 2 atom stereocenters. The Morgan fingerprint density at radius 2 is 2.00 bits per heavy atom. The van der Waals surface area contributed by atoms with Crippen LogP contribution in [0.5, 0.6) is 0 Å². The SMILES string of the molecule is CC(C)C(N)C(CO)N(C)C1CCC1. The van der Waals surface area contributed by atoms with E-state index in [4.69, 9.17) is 5.73 Å². The summed E-state index contributed by atoms with van der Waals surface area (Å²) in [5.41, 5.74) is 6.09. The van der Waals surface area contributed by atoms with Crippen LogP contribution in [0.4, 0.5) is 0 Å². The molecule has 0 aromatic rings. The van der Waals surface area contributed by atoms with Gasteiger partial charge in [-0.05, 0) is 25.8 Å². The van der Waals surface area contributed by atoms with Gasteiger partial charge in [-0.15, -0.1) is 0 Å². The second kappa shape index (κ2) is 5.10. The second-order valence-electron chi connectivity index (χ2n) is 4.82. The Morgan fingerprint density at radius 1 is 1.43 bits per heavy atom. The van der Waals surface area contributed by atoms with E-state index in [1.165, 1.54) is 19.3 Å². The molecule has 0 heterocycles. The molecule has 0 saturated heterocycles. The van der Waals surface area contributed by atoms with Crippen molar-refractivity contribution in [3.63, 3.8) is 0 Å². The van der Waals surface area contributed by atoms with Crippen LogP contribution in [0.2, 0.25) is 0 Å². The van der Waals surface area contributed by atoms with Crippen molar-refractivity contribution in [2.75, 3.05) is 13.7 Å². The molecule has 1 fully saturated rings. The minimum Gasteiger partial charge on any atom is -0.395 e. The fourth-order valence-electron chi connectivity index (χ4n) is 2.03. The molecule has 0 bridgehead atoms. The molecule has 3 N–H and O–H groups in total. The van der Waals surface area contributed by atoms with E-state index in [1.807, 2.05) is 0 Å². The standard InChI is InChI=1S/C11H24N2O/c1-8(2)11(12)10(7-14)13(3)9-5-4-6-9/h8-11,14H,4-7,12H2,1-3H3. The first-order valence-corrected chi connectivity index (χ1v) is 5.66. The van der Waals surface area contributed by atoms with E-state index in [-0.39, 0.29) is 18.7 Å². The molecule has 0 radical (unpaired) electrons. The van der Waals surface area contributed by atoms with Crippen molar-refractivity contribution < 1.29 is 5.11 Å². The highest BCUT2D eigenvalue weighted by atomic mass is 16.3. The van der Waals surface area contributed by atoms with Crippen LogP contribution in [-0.4, -0.2) is 41.8 Å². The zero-order valence-corrected chi connectivity index (χ0v) is 9.61. The Bertz CT molecular complexity index is 169. The Balaban J connectivity index is 2.50. The summed E-state index contributed by atoms with van der Waals surface area (Å²) in [4.78, 5) is 2.27. The third kappa shape index (κ3) is 2.47. The molecular weight excluding hydrogens is 176 g/mol. The van der Waals surface area contributed by atoms with E-state index in [0.717, 1.165) is 0 Å². The molecule has 1 rings (SSSR count). The van der Waals surface area contributed by atoms with E-state index in [2.05, 4.69) is 25.8 Å². The number of hydrogen-bond donors (Lipinski definition) is 2. The average molecular weight is 200 g/mol. The van der Waals surface area contributed by atoms with Crippen LogP contribution in [0, 0.1) is 5.92 Å². The number of nitrogens with two attached hydrogens (primary N) is 1. The molecular formula is C11H24N2O. The number of aliphatic hydroxyl groups is 1. The number of nitrogens with zero attached hydrogens (tertiary/aromatic N) is 1. The van der Waals surface area contributed by atoms with Gasteiger partial charge in [0.05, 0.1) is 6.61 Å². The van der Waals surface area contributed by atoms with Crippen LogP contribution in [0.25, 0.3) is 0 Å². The van der Waals surface area contributed by atoms with Crippen molar-refractivity contribution >= 4 is 0 Å². The largest absolute Gasteiger partial charge is 0.395 e. The third-order valence-electron chi connectivity index (χ3n) is 3.57. The third-order valence-corrected chi connectivity index (χ3v) is 3.57. The lowest BCUT2D eigenvalue weighted by molar-refractivity contribution is 0.0484. The van der Waals surface area contributed by atoms with Crippen LogP contribution in [-0.2, 0) is 0 Å². The van der Waals surface area contributed by atoms with E-state index >= 15 is 0 Å². The smallest absolute Gasteiger partial charge is 0.0602 e. The summed E-state index contributed by atoms with van der Waals surface area (Å²) in [6.07, 6.45) is 3.85. The Labute approximate surface area is 87.3 Å². The first-order chi connectivity index (χ1) is 6.57. The number of rotatable bonds is 5. The summed E-state index contributed by atoms with van der Waals surface area (Å²) in [6, 6.07) is 0.850. The maximum atomic E-state index is 9.36. The summed E-state index contributed by atoms with van der Waals surface area (Å²) in [5.74, 6) is 0.426. The lowest BCUT2D eigenvalue weighted by atomic mass is 9.88. The molecule has 0 aromatic carbocycles. The molecule has 0 spiro atoms. The van der Waals surface area contributed by atoms with Crippen molar-refractivity contribution in [3.05, 3.63) is 0 Å². The Hall–Kier alpha value is -0.120. The highest BCUT2D eigenvalue weighted by Gasteiger charge is 2.31. The molecule has 1 aliphatic carbocycles. The summed E-state index contributed by atoms with van der Waals surface area (Å²) in [5, 5.41) is 9.36. The fourth-order valence-corrected chi connectivity index (χ4v) is 2.03. The van der Waals surface area contributed by atoms with Gasteiger partial charge < -0.3 is 10.8 Å². The van der Waals surface area contributed by atoms with Gasteiger partial charge in [0, 0.05) is 18.1 Å². The molecule has 3 heteroatoms. The van der Waals surface area contributed by atoms with Gasteiger partial charge in [0.1, 0.15) is 0 Å².